The van der Waals surface area contributed by atoms with E-state index in [0.29, 0.717) is 37.5 Å². The smallest absolute Gasteiger partial charge is 0.273 e. The Kier molecular flexibility index (Phi) is 7.67. The molecule has 4 bridgehead atoms. The summed E-state index contributed by atoms with van der Waals surface area (Å²) in [6, 6.07) is 3.43. The highest BCUT2D eigenvalue weighted by Crippen LogP contribution is 2.42. The molecule has 34 heavy (non-hydrogen) atoms. The highest BCUT2D eigenvalue weighted by atomic mass is 32.2. The molecule has 190 valence electrons. The average Bonchev–Trinajstić information content (AvgIpc) is 3.45. The molecule has 4 N–H and O–H groups in total. The van der Waals surface area contributed by atoms with Crippen LogP contribution in [0.5, 0.6) is 0 Å². The third-order valence-corrected chi connectivity index (χ3v) is 9.83. The van der Waals surface area contributed by atoms with Crippen molar-refractivity contribution >= 4 is 17.1 Å². The zero-order chi connectivity index (χ0) is 23.7. The van der Waals surface area contributed by atoms with Gasteiger partial charge in [-0.25, -0.2) is 12.8 Å². The molecule has 0 spiro atoms. The molecule has 0 aliphatic carbocycles. The van der Waals surface area contributed by atoms with E-state index >= 15 is 0 Å². The Morgan fingerprint density at radius 3 is 2.24 bits per heavy atom. The van der Waals surface area contributed by atoms with Crippen LogP contribution >= 0.6 is 0 Å². The summed E-state index contributed by atoms with van der Waals surface area (Å²) < 4.78 is 28.7. The molecule has 5 fully saturated rings. The van der Waals surface area contributed by atoms with Gasteiger partial charge in [-0.15, -0.1) is 0 Å². The first kappa shape index (κ1) is 24.3. The maximum Gasteiger partial charge on any atom is 0.273 e. The van der Waals surface area contributed by atoms with Crippen molar-refractivity contribution in [1.82, 2.24) is 19.1 Å². The number of nitrogens with zero attached hydrogens (tertiary/aromatic N) is 3. The van der Waals surface area contributed by atoms with Gasteiger partial charge in [-0.3, -0.25) is 4.79 Å². The number of piperidine rings is 2. The molecule has 0 saturated carbocycles. The number of nitrogens with two attached hydrogens (primary N) is 1. The fourth-order valence-corrected chi connectivity index (χ4v) is 8.23. The maximum absolute atomic E-state index is 13.6. The standard InChI is InChI=1S/C21H30N4O4S.C2H7NO/c26-21(19-10-20(29-23-19)13-11-28-12-13)22-14-8-17-6-7-18(9-14)25(17)30(27)24-15-2-1-3-16(24)5-4-15;3-1-2-4/h10,13-18H,1-9,11-12H2,(H,22,26);4H,1-3H2/t14?,15-,16?,17-,18?,30?;/m1./s1. The van der Waals surface area contributed by atoms with Crippen LogP contribution in [0, 0.1) is 0 Å². The van der Waals surface area contributed by atoms with E-state index in [1.165, 1.54) is 32.1 Å². The van der Waals surface area contributed by atoms with Crippen LogP contribution in [0.25, 0.3) is 0 Å². The number of aliphatic hydroxyl groups is 1. The van der Waals surface area contributed by atoms with Crippen molar-refractivity contribution in [3.63, 3.8) is 0 Å². The lowest BCUT2D eigenvalue weighted by Gasteiger charge is -2.43. The summed E-state index contributed by atoms with van der Waals surface area (Å²) >= 11 is -1.03. The number of hydrogen-bond donors (Lipinski definition) is 3. The minimum atomic E-state index is -1.03. The number of aliphatic hydroxyl groups excluding tert-OH is 1. The van der Waals surface area contributed by atoms with Gasteiger partial charge in [-0.2, -0.15) is 0 Å². The van der Waals surface area contributed by atoms with E-state index < -0.39 is 11.2 Å². The Labute approximate surface area is 203 Å². The van der Waals surface area contributed by atoms with Gasteiger partial charge in [0.25, 0.3) is 5.91 Å². The van der Waals surface area contributed by atoms with Crippen LogP contribution in [0.2, 0.25) is 0 Å². The molecule has 5 aliphatic heterocycles. The van der Waals surface area contributed by atoms with E-state index in [-0.39, 0.29) is 36.6 Å². The molecule has 0 radical (unpaired) electrons. The fraction of sp³-hybridized carbons (Fsp3) is 0.826. The Morgan fingerprint density at radius 2 is 1.68 bits per heavy atom. The molecule has 6 heterocycles. The quantitative estimate of drug-likeness (QED) is 0.537. The van der Waals surface area contributed by atoms with E-state index in [4.69, 9.17) is 20.1 Å². The first-order valence-electron chi connectivity index (χ1n) is 12.7. The van der Waals surface area contributed by atoms with Gasteiger partial charge in [-0.05, 0) is 51.4 Å². The third-order valence-electron chi connectivity index (χ3n) is 7.92. The van der Waals surface area contributed by atoms with Crippen LogP contribution in [0.3, 0.4) is 0 Å². The second kappa shape index (κ2) is 10.7. The van der Waals surface area contributed by atoms with Gasteiger partial charge in [0.2, 0.25) is 0 Å². The van der Waals surface area contributed by atoms with Gasteiger partial charge in [0.05, 0.1) is 25.7 Å². The van der Waals surface area contributed by atoms with Crippen molar-refractivity contribution in [2.24, 2.45) is 5.73 Å². The lowest BCUT2D eigenvalue weighted by molar-refractivity contribution is -0.00228. The molecule has 11 heteroatoms. The molecular weight excluding hydrogens is 458 g/mol. The number of amides is 1. The lowest BCUT2D eigenvalue weighted by Crippen LogP contribution is -2.55. The molecule has 1 amide bonds. The molecule has 4 unspecified atom stereocenters. The summed E-state index contributed by atoms with van der Waals surface area (Å²) in [4.78, 5) is 12.7. The molecule has 6 rings (SSSR count). The largest absolute Gasteiger partial charge is 0.395 e. The molecule has 1 aromatic heterocycles. The van der Waals surface area contributed by atoms with E-state index in [0.717, 1.165) is 31.4 Å². The second-order valence-corrected chi connectivity index (χ2v) is 11.5. The Bertz CT molecular complexity index is 848. The number of rotatable bonds is 6. The predicted molar refractivity (Wildman–Crippen MR) is 126 cm³/mol. The van der Waals surface area contributed by atoms with Crippen molar-refractivity contribution in [3.8, 4) is 0 Å². The summed E-state index contributed by atoms with van der Waals surface area (Å²) in [6.07, 6.45) is 9.92. The molecular formula is C23H37N5O5S. The summed E-state index contributed by atoms with van der Waals surface area (Å²) in [5, 5.41) is 14.9. The minimum Gasteiger partial charge on any atom is -0.395 e. The molecule has 6 atom stereocenters. The number of nitrogens with one attached hydrogen (secondary N) is 1. The van der Waals surface area contributed by atoms with Crippen LogP contribution < -0.4 is 11.1 Å². The van der Waals surface area contributed by atoms with Crippen molar-refractivity contribution < 1.29 is 23.4 Å². The van der Waals surface area contributed by atoms with E-state index in [9.17, 15) is 9.00 Å². The average molecular weight is 496 g/mol. The highest BCUT2D eigenvalue weighted by Gasteiger charge is 2.49. The zero-order valence-corrected chi connectivity index (χ0v) is 20.5. The van der Waals surface area contributed by atoms with Crippen LogP contribution in [-0.2, 0) is 15.9 Å². The predicted octanol–water partition coefficient (Wildman–Crippen LogP) is 1.05. The van der Waals surface area contributed by atoms with Crippen LogP contribution in [-0.4, -0.2) is 85.6 Å². The number of fused-ring (bicyclic) bond motifs is 4. The number of aromatic nitrogens is 1. The topological polar surface area (TPSA) is 134 Å². The van der Waals surface area contributed by atoms with Gasteiger partial charge in [-0.1, -0.05) is 11.6 Å². The van der Waals surface area contributed by atoms with Crippen molar-refractivity contribution in [1.29, 1.82) is 0 Å². The highest BCUT2D eigenvalue weighted by molar-refractivity contribution is 7.80. The first-order valence-corrected chi connectivity index (χ1v) is 13.8. The van der Waals surface area contributed by atoms with Gasteiger partial charge in [0.1, 0.15) is 5.76 Å². The normalized spacial score (nSPS) is 34.2. The lowest BCUT2D eigenvalue weighted by atomic mass is 9.99. The molecule has 5 aliphatic rings. The SMILES string of the molecule is NCCO.O=C(NC1CC2CC[C@H](C1)N2S(=O)N1C2CCC[C@@H]1CC2)c1cc(C2COC2)on1. The second-order valence-electron chi connectivity index (χ2n) is 10.2. The van der Waals surface area contributed by atoms with Crippen LogP contribution in [0.1, 0.15) is 80.0 Å². The van der Waals surface area contributed by atoms with E-state index in [1.807, 2.05) is 0 Å². The van der Waals surface area contributed by atoms with E-state index in [1.54, 1.807) is 6.07 Å². The van der Waals surface area contributed by atoms with Gasteiger partial charge in [0.15, 0.2) is 16.9 Å². The molecule has 10 nitrogen and oxygen atoms in total. The molecule has 0 aromatic carbocycles. The number of hydrogen-bond acceptors (Lipinski definition) is 7. The minimum absolute atomic E-state index is 0.0972. The summed E-state index contributed by atoms with van der Waals surface area (Å²) in [5.74, 6) is 0.782. The zero-order valence-electron chi connectivity index (χ0n) is 19.6. The van der Waals surface area contributed by atoms with Crippen molar-refractivity contribution in [2.75, 3.05) is 26.4 Å². The van der Waals surface area contributed by atoms with E-state index in [2.05, 4.69) is 19.1 Å². The number of ether oxygens (including phenoxy) is 1. The summed E-state index contributed by atoms with van der Waals surface area (Å²) in [7, 11) is 0. The van der Waals surface area contributed by atoms with Gasteiger partial charge >= 0.3 is 0 Å². The summed E-state index contributed by atoms with van der Waals surface area (Å²) in [6.45, 7) is 1.74. The fourth-order valence-electron chi connectivity index (χ4n) is 6.19. The van der Waals surface area contributed by atoms with Crippen LogP contribution in [0.4, 0.5) is 0 Å². The van der Waals surface area contributed by atoms with Crippen molar-refractivity contribution in [3.05, 3.63) is 17.5 Å². The Morgan fingerprint density at radius 1 is 1.09 bits per heavy atom. The Hall–Kier alpha value is -1.37. The van der Waals surface area contributed by atoms with Gasteiger partial charge in [0, 0.05) is 42.8 Å². The van der Waals surface area contributed by atoms with Crippen LogP contribution in [0.15, 0.2) is 10.6 Å². The third kappa shape index (κ3) is 4.83. The number of carbonyl (C=O) groups is 1. The van der Waals surface area contributed by atoms with Gasteiger partial charge < -0.3 is 25.4 Å². The van der Waals surface area contributed by atoms with Crippen molar-refractivity contribution in [2.45, 2.75) is 93.9 Å². The molecule has 5 saturated heterocycles. The first-order chi connectivity index (χ1) is 16.6. The number of carbonyl (C=O) groups excluding carboxylic acids is 1. The maximum atomic E-state index is 13.6. The Balaban J connectivity index is 0.000000560. The molecule has 1 aromatic rings. The monoisotopic (exact) mass is 495 g/mol. The summed E-state index contributed by atoms with van der Waals surface area (Å²) in [5.41, 5.74) is 5.13.